The Morgan fingerprint density at radius 3 is 2.67 bits per heavy atom. The molecule has 0 amide bonds. The molecule has 1 aliphatic heterocycles. The molecule has 0 unspecified atom stereocenters. The number of rotatable bonds is 6. The van der Waals surface area contributed by atoms with Crippen LogP contribution in [0.2, 0.25) is 0 Å². The van der Waals surface area contributed by atoms with Gasteiger partial charge in [-0.25, -0.2) is 13.1 Å². The van der Waals surface area contributed by atoms with E-state index in [1.165, 1.54) is 20.3 Å². The molecule has 1 N–H and O–H groups in total. The highest BCUT2D eigenvalue weighted by Gasteiger charge is 2.28. The van der Waals surface area contributed by atoms with Crippen LogP contribution in [0, 0.1) is 0 Å². The normalized spacial score (nSPS) is 20.2. The lowest BCUT2D eigenvalue weighted by molar-refractivity contribution is 0.0902. The summed E-state index contributed by atoms with van der Waals surface area (Å²) in [5, 5.41) is 0. The van der Waals surface area contributed by atoms with Gasteiger partial charge in [0, 0.05) is 18.7 Å². The molecule has 0 aliphatic carbocycles. The highest BCUT2D eigenvalue weighted by atomic mass is 32.2. The lowest BCUT2D eigenvalue weighted by atomic mass is 10.1. The molecule has 1 aromatic carbocycles. The molecule has 1 saturated heterocycles. The molecule has 7 heteroatoms. The van der Waals surface area contributed by atoms with Gasteiger partial charge in [0.2, 0.25) is 10.0 Å². The second kappa shape index (κ2) is 6.64. The quantitative estimate of drug-likeness (QED) is 0.862. The second-order valence-electron chi connectivity index (χ2n) is 4.98. The summed E-state index contributed by atoms with van der Waals surface area (Å²) in [5.74, 6) is 0.740. The van der Waals surface area contributed by atoms with Crippen molar-refractivity contribution in [3.8, 4) is 11.5 Å². The van der Waals surface area contributed by atoms with Gasteiger partial charge in [-0.1, -0.05) is 0 Å². The highest BCUT2D eigenvalue weighted by Crippen LogP contribution is 2.28. The zero-order valence-corrected chi connectivity index (χ0v) is 13.3. The number of methoxy groups -OCH3 is 2. The third-order valence-corrected chi connectivity index (χ3v) is 5.10. The lowest BCUT2D eigenvalue weighted by Gasteiger charge is -2.20. The highest BCUT2D eigenvalue weighted by molar-refractivity contribution is 7.89. The number of benzene rings is 1. The first-order valence-electron chi connectivity index (χ1n) is 6.84. The molecule has 0 spiro atoms. The van der Waals surface area contributed by atoms with Crippen LogP contribution >= 0.6 is 0 Å². The number of nitrogens with one attached hydrogen (secondary N) is 1. The summed E-state index contributed by atoms with van der Waals surface area (Å²) in [7, 11) is -0.786. The van der Waals surface area contributed by atoms with Crippen molar-refractivity contribution in [2.75, 3.05) is 20.8 Å². The summed E-state index contributed by atoms with van der Waals surface area (Å²) >= 11 is 0. The molecule has 0 aromatic heterocycles. The average Bonchev–Trinajstić information content (AvgIpc) is 3.00. The van der Waals surface area contributed by atoms with Crippen molar-refractivity contribution in [2.45, 2.75) is 36.8 Å². The molecular weight excluding hydrogens is 294 g/mol. The topological polar surface area (TPSA) is 73.9 Å². The Morgan fingerprint density at radius 1 is 1.33 bits per heavy atom. The third-order valence-electron chi connectivity index (χ3n) is 3.52. The zero-order chi connectivity index (χ0) is 15.5. The van der Waals surface area contributed by atoms with E-state index in [1.54, 1.807) is 19.1 Å². The van der Waals surface area contributed by atoms with Crippen LogP contribution in [0.5, 0.6) is 11.5 Å². The van der Waals surface area contributed by atoms with E-state index in [-0.39, 0.29) is 22.8 Å². The number of hydrogen-bond donors (Lipinski definition) is 1. The molecule has 0 radical (unpaired) electrons. The molecule has 6 nitrogen and oxygen atoms in total. The summed E-state index contributed by atoms with van der Waals surface area (Å²) in [6.45, 7) is 2.49. The molecule has 1 heterocycles. The summed E-state index contributed by atoms with van der Waals surface area (Å²) in [4.78, 5) is 0.0641. The van der Waals surface area contributed by atoms with Crippen molar-refractivity contribution < 1.29 is 22.6 Å². The van der Waals surface area contributed by atoms with E-state index in [0.717, 1.165) is 12.8 Å². The van der Waals surface area contributed by atoms with Crippen molar-refractivity contribution in [3.63, 3.8) is 0 Å². The lowest BCUT2D eigenvalue weighted by Crippen LogP contribution is -2.40. The fourth-order valence-electron chi connectivity index (χ4n) is 2.38. The van der Waals surface area contributed by atoms with E-state index in [2.05, 4.69) is 4.72 Å². The average molecular weight is 315 g/mol. The maximum atomic E-state index is 12.5. The van der Waals surface area contributed by atoms with Crippen molar-refractivity contribution >= 4 is 10.0 Å². The van der Waals surface area contributed by atoms with Crippen LogP contribution in [-0.2, 0) is 14.8 Å². The molecule has 1 fully saturated rings. The Labute approximate surface area is 125 Å². The number of sulfonamides is 1. The second-order valence-corrected chi connectivity index (χ2v) is 6.66. The van der Waals surface area contributed by atoms with Gasteiger partial charge in [0.1, 0.15) is 16.4 Å². The predicted octanol–water partition coefficient (Wildman–Crippen LogP) is 1.55. The number of ether oxygens (including phenoxy) is 3. The van der Waals surface area contributed by atoms with E-state index in [9.17, 15) is 8.42 Å². The van der Waals surface area contributed by atoms with E-state index in [0.29, 0.717) is 12.4 Å². The Hall–Kier alpha value is -1.31. The minimum Gasteiger partial charge on any atom is -0.497 e. The van der Waals surface area contributed by atoms with Crippen molar-refractivity contribution in [2.24, 2.45) is 0 Å². The SMILES string of the molecule is COc1ccc(OC)c(S(=O)(=O)N[C@H](C)[C@@H]2CCCO2)c1. The maximum Gasteiger partial charge on any atom is 0.244 e. The first-order valence-corrected chi connectivity index (χ1v) is 8.32. The fourth-order valence-corrected chi connectivity index (χ4v) is 3.83. The van der Waals surface area contributed by atoms with E-state index < -0.39 is 10.0 Å². The predicted molar refractivity (Wildman–Crippen MR) is 78.3 cm³/mol. The standard InChI is InChI=1S/C14H21NO5S/c1-10(12-5-4-8-20-12)15-21(16,17)14-9-11(18-2)6-7-13(14)19-3/h6-7,9-10,12,15H,4-5,8H2,1-3H3/t10-,12+/m1/s1. The molecular formula is C14H21NO5S. The van der Waals surface area contributed by atoms with E-state index in [1.807, 2.05) is 0 Å². The Bertz CT molecular complexity index is 581. The largest absolute Gasteiger partial charge is 0.497 e. The van der Waals surface area contributed by atoms with Crippen molar-refractivity contribution in [3.05, 3.63) is 18.2 Å². The molecule has 1 aliphatic rings. The molecule has 2 rings (SSSR count). The van der Waals surface area contributed by atoms with Crippen LogP contribution in [0.15, 0.2) is 23.1 Å². The Balaban J connectivity index is 2.25. The van der Waals surface area contributed by atoms with Gasteiger partial charge in [0.25, 0.3) is 0 Å². The number of hydrogen-bond acceptors (Lipinski definition) is 5. The van der Waals surface area contributed by atoms with Crippen LogP contribution < -0.4 is 14.2 Å². The van der Waals surface area contributed by atoms with Crippen LogP contribution in [0.4, 0.5) is 0 Å². The van der Waals surface area contributed by atoms with Gasteiger partial charge >= 0.3 is 0 Å². The zero-order valence-electron chi connectivity index (χ0n) is 12.5. The van der Waals surface area contributed by atoms with Gasteiger partial charge in [-0.05, 0) is 31.9 Å². The van der Waals surface area contributed by atoms with E-state index >= 15 is 0 Å². The van der Waals surface area contributed by atoms with Crippen LogP contribution in [0.25, 0.3) is 0 Å². The Kier molecular flexibility index (Phi) is 5.08. The minimum atomic E-state index is -3.71. The summed E-state index contributed by atoms with van der Waals surface area (Å²) in [6, 6.07) is 4.38. The summed E-state index contributed by atoms with van der Waals surface area (Å²) in [6.07, 6.45) is 1.73. The molecule has 0 bridgehead atoms. The molecule has 0 saturated carbocycles. The smallest absolute Gasteiger partial charge is 0.244 e. The van der Waals surface area contributed by atoms with Crippen LogP contribution in [-0.4, -0.2) is 41.4 Å². The van der Waals surface area contributed by atoms with E-state index in [4.69, 9.17) is 14.2 Å². The Morgan fingerprint density at radius 2 is 2.10 bits per heavy atom. The monoisotopic (exact) mass is 315 g/mol. The van der Waals surface area contributed by atoms with Gasteiger partial charge in [-0.15, -0.1) is 0 Å². The summed E-state index contributed by atoms with van der Waals surface area (Å²) in [5.41, 5.74) is 0. The fraction of sp³-hybridized carbons (Fsp3) is 0.571. The van der Waals surface area contributed by atoms with Gasteiger partial charge in [0.05, 0.1) is 20.3 Å². The molecule has 1 aromatic rings. The van der Waals surface area contributed by atoms with Gasteiger partial charge in [-0.3, -0.25) is 0 Å². The molecule has 2 atom stereocenters. The van der Waals surface area contributed by atoms with Gasteiger partial charge in [-0.2, -0.15) is 0 Å². The molecule has 118 valence electrons. The summed E-state index contributed by atoms with van der Waals surface area (Å²) < 4.78 is 43.5. The van der Waals surface area contributed by atoms with Crippen LogP contribution in [0.3, 0.4) is 0 Å². The van der Waals surface area contributed by atoms with Gasteiger partial charge < -0.3 is 14.2 Å². The van der Waals surface area contributed by atoms with Gasteiger partial charge in [0.15, 0.2) is 0 Å². The van der Waals surface area contributed by atoms with Crippen molar-refractivity contribution in [1.29, 1.82) is 0 Å². The first-order chi connectivity index (χ1) is 9.97. The van der Waals surface area contributed by atoms with Crippen LogP contribution in [0.1, 0.15) is 19.8 Å². The minimum absolute atomic E-state index is 0.0641. The van der Waals surface area contributed by atoms with Crippen molar-refractivity contribution in [1.82, 2.24) is 4.72 Å². The maximum absolute atomic E-state index is 12.5. The third kappa shape index (κ3) is 3.66. The molecule has 21 heavy (non-hydrogen) atoms. The first kappa shape index (κ1) is 16.1.